The molecule has 8 nitrogen and oxygen atoms in total. The quantitative estimate of drug-likeness (QED) is 0.366. The number of fused-ring (bicyclic) bond motifs is 1. The van der Waals surface area contributed by atoms with Crippen LogP contribution in [0.2, 0.25) is 5.02 Å². The van der Waals surface area contributed by atoms with Crippen LogP contribution in [-0.4, -0.2) is 47.4 Å². The highest BCUT2D eigenvalue weighted by Crippen LogP contribution is 2.39. The number of dihydropyridines is 1. The van der Waals surface area contributed by atoms with Crippen molar-refractivity contribution >= 4 is 41.1 Å². The Morgan fingerprint density at radius 1 is 1.27 bits per heavy atom. The van der Waals surface area contributed by atoms with Crippen molar-refractivity contribution in [2.24, 2.45) is 16.6 Å². The average Bonchev–Trinajstić information content (AvgIpc) is 3.59. The molecule has 2 aromatic heterocycles. The number of aliphatic imine (C=N–C) groups is 1. The lowest BCUT2D eigenvalue weighted by Crippen LogP contribution is -2.34. The molecule has 0 saturated carbocycles. The minimum absolute atomic E-state index is 0.129. The Labute approximate surface area is 242 Å². The van der Waals surface area contributed by atoms with Crippen molar-refractivity contribution in [3.05, 3.63) is 75.2 Å². The number of primary amides is 1. The third-order valence-corrected chi connectivity index (χ3v) is 9.09. The molecule has 0 spiro atoms. The number of hydrogen-bond donors (Lipinski definition) is 2. The van der Waals surface area contributed by atoms with Crippen LogP contribution in [0, 0.1) is 5.92 Å². The first-order valence-electron chi connectivity index (χ1n) is 13.7. The fourth-order valence-electron chi connectivity index (χ4n) is 5.41. The summed E-state index contributed by atoms with van der Waals surface area (Å²) in [5.41, 5.74) is 9.80. The Hall–Kier alpha value is -3.40. The van der Waals surface area contributed by atoms with Gasteiger partial charge >= 0.3 is 0 Å². The molecule has 1 fully saturated rings. The molecule has 3 N–H and O–H groups in total. The molecule has 3 aromatic rings. The van der Waals surface area contributed by atoms with Crippen molar-refractivity contribution in [2.75, 3.05) is 19.6 Å². The van der Waals surface area contributed by atoms with E-state index in [1.54, 1.807) is 6.33 Å². The van der Waals surface area contributed by atoms with Gasteiger partial charge < -0.3 is 20.5 Å². The van der Waals surface area contributed by atoms with Gasteiger partial charge in [0.1, 0.15) is 39.9 Å². The largest absolute Gasteiger partial charge is 0.489 e. The number of allylic oxidation sites excluding steroid dienone is 2. The zero-order valence-electron chi connectivity index (χ0n) is 22.3. The van der Waals surface area contributed by atoms with Crippen molar-refractivity contribution in [2.45, 2.75) is 44.8 Å². The highest BCUT2D eigenvalue weighted by atomic mass is 35.5. The van der Waals surface area contributed by atoms with Gasteiger partial charge in [-0.3, -0.25) is 14.4 Å². The Morgan fingerprint density at radius 3 is 2.90 bits per heavy atom. The molecular formula is C30H32ClN5O3S. The van der Waals surface area contributed by atoms with E-state index in [1.807, 2.05) is 42.0 Å². The van der Waals surface area contributed by atoms with Crippen LogP contribution in [0.15, 0.2) is 53.3 Å². The van der Waals surface area contributed by atoms with E-state index in [2.05, 4.69) is 28.5 Å². The zero-order valence-corrected chi connectivity index (χ0v) is 23.9. The van der Waals surface area contributed by atoms with Crippen LogP contribution >= 0.6 is 22.9 Å². The van der Waals surface area contributed by atoms with Crippen LogP contribution in [-0.2, 0) is 6.42 Å². The molecule has 0 bridgehead atoms. The number of thiophene rings is 1. The molecule has 4 heterocycles. The van der Waals surface area contributed by atoms with E-state index in [9.17, 15) is 4.79 Å². The molecule has 0 radical (unpaired) electrons. The average molecular weight is 578 g/mol. The predicted molar refractivity (Wildman–Crippen MR) is 159 cm³/mol. The van der Waals surface area contributed by atoms with Gasteiger partial charge in [0.05, 0.1) is 16.4 Å². The third kappa shape index (κ3) is 5.46. The summed E-state index contributed by atoms with van der Waals surface area (Å²) in [5.74, 6) is 0.793. The van der Waals surface area contributed by atoms with Crippen LogP contribution in [0.3, 0.4) is 0 Å². The number of imidazole rings is 1. The van der Waals surface area contributed by atoms with Crippen molar-refractivity contribution in [3.63, 3.8) is 0 Å². The van der Waals surface area contributed by atoms with Crippen LogP contribution in [0.1, 0.15) is 58.9 Å². The molecule has 208 valence electrons. The van der Waals surface area contributed by atoms with Gasteiger partial charge in [-0.15, -0.1) is 11.3 Å². The number of amides is 1. The van der Waals surface area contributed by atoms with E-state index >= 15 is 0 Å². The summed E-state index contributed by atoms with van der Waals surface area (Å²) < 4.78 is 14.5. The van der Waals surface area contributed by atoms with Gasteiger partial charge in [0, 0.05) is 36.7 Å². The summed E-state index contributed by atoms with van der Waals surface area (Å²) >= 11 is 8.07. The maximum absolute atomic E-state index is 12.4. The molecule has 2 aliphatic heterocycles. The smallest absolute Gasteiger partial charge is 0.262 e. The molecule has 2 unspecified atom stereocenters. The minimum Gasteiger partial charge on any atom is -0.489 e. The number of halogens is 1. The molecule has 10 heteroatoms. The number of nitrogens with two attached hydrogens (primary N) is 1. The summed E-state index contributed by atoms with van der Waals surface area (Å²) in [6.07, 6.45) is 13.7. The van der Waals surface area contributed by atoms with E-state index in [-0.39, 0.29) is 12.0 Å². The number of aromatic nitrogens is 2. The van der Waals surface area contributed by atoms with Gasteiger partial charge in [0.2, 0.25) is 0 Å². The number of carbonyl (C=O) groups is 1. The maximum Gasteiger partial charge on any atom is 0.262 e. The highest BCUT2D eigenvalue weighted by molar-refractivity contribution is 7.16. The van der Waals surface area contributed by atoms with Gasteiger partial charge in [-0.05, 0) is 57.0 Å². The number of nitrogens with one attached hydrogen (secondary N) is 1. The van der Waals surface area contributed by atoms with E-state index in [4.69, 9.17) is 31.8 Å². The summed E-state index contributed by atoms with van der Waals surface area (Å²) in [5, 5.41) is 4.67. The van der Waals surface area contributed by atoms with E-state index in [1.165, 1.54) is 16.9 Å². The van der Waals surface area contributed by atoms with Crippen LogP contribution in [0.5, 0.6) is 11.5 Å². The Morgan fingerprint density at radius 2 is 2.12 bits per heavy atom. The first kappa shape index (κ1) is 26.8. The van der Waals surface area contributed by atoms with Gasteiger partial charge in [-0.1, -0.05) is 35.9 Å². The SMILES string of the molecule is CC(Oc1cc(-n2cnc3c2C=CC(C2=CCCN=C2)C3)sc1C(N)=O)c1cccc(OC2CCNCC2)c1Cl. The topological polar surface area (TPSA) is 104 Å². The first-order valence-corrected chi connectivity index (χ1v) is 14.9. The number of nitrogens with zero attached hydrogens (tertiary/aromatic N) is 3. The summed E-state index contributed by atoms with van der Waals surface area (Å²) in [6, 6.07) is 7.57. The van der Waals surface area contributed by atoms with E-state index < -0.39 is 12.0 Å². The van der Waals surface area contributed by atoms with Gasteiger partial charge in [0.25, 0.3) is 5.91 Å². The van der Waals surface area contributed by atoms with Crippen LogP contribution < -0.4 is 20.5 Å². The minimum atomic E-state index is -0.541. The molecule has 40 heavy (non-hydrogen) atoms. The highest BCUT2D eigenvalue weighted by Gasteiger charge is 2.26. The number of ether oxygens (including phenoxy) is 2. The first-order chi connectivity index (χ1) is 19.5. The number of benzene rings is 1. The summed E-state index contributed by atoms with van der Waals surface area (Å²) in [6.45, 7) is 4.62. The number of piperidine rings is 1. The second-order valence-corrected chi connectivity index (χ2v) is 11.7. The second-order valence-electron chi connectivity index (χ2n) is 10.3. The Balaban J connectivity index is 1.23. The Kier molecular flexibility index (Phi) is 7.78. The molecule has 6 rings (SSSR count). The standard InChI is InChI=1S/C30H32ClN5O3S/c1-18(22-5-2-6-25(28(22)31)39-21-9-12-33-13-10-21)38-26-15-27(40-29(26)30(32)37)36-17-35-23-14-19(7-8-24(23)36)20-4-3-11-34-16-20/h2,4-8,15-19,21,33H,3,9-14H2,1H3,(H2,32,37). The fourth-order valence-corrected chi connectivity index (χ4v) is 6.66. The molecule has 1 amide bonds. The normalized spacial score (nSPS) is 19.6. The van der Waals surface area contributed by atoms with Gasteiger partial charge in [-0.25, -0.2) is 4.98 Å². The number of hydrogen-bond acceptors (Lipinski definition) is 7. The van der Waals surface area contributed by atoms with Crippen LogP contribution in [0.25, 0.3) is 11.1 Å². The van der Waals surface area contributed by atoms with E-state index in [0.717, 1.165) is 67.3 Å². The summed E-state index contributed by atoms with van der Waals surface area (Å²) in [7, 11) is 0. The zero-order chi connectivity index (χ0) is 27.6. The summed E-state index contributed by atoms with van der Waals surface area (Å²) in [4.78, 5) is 21.9. The van der Waals surface area contributed by atoms with Crippen molar-refractivity contribution < 1.29 is 14.3 Å². The number of rotatable bonds is 8. The van der Waals surface area contributed by atoms with E-state index in [0.29, 0.717) is 21.4 Å². The van der Waals surface area contributed by atoms with Crippen molar-refractivity contribution in [3.8, 4) is 16.5 Å². The lowest BCUT2D eigenvalue weighted by atomic mass is 9.88. The molecule has 2 atom stereocenters. The monoisotopic (exact) mass is 577 g/mol. The van der Waals surface area contributed by atoms with Crippen molar-refractivity contribution in [1.82, 2.24) is 14.9 Å². The molecule has 3 aliphatic rings. The van der Waals surface area contributed by atoms with Gasteiger partial charge in [-0.2, -0.15) is 0 Å². The second kappa shape index (κ2) is 11.6. The Bertz CT molecular complexity index is 1500. The van der Waals surface area contributed by atoms with Crippen LogP contribution in [0.4, 0.5) is 0 Å². The maximum atomic E-state index is 12.4. The lowest BCUT2D eigenvalue weighted by Gasteiger charge is -2.25. The molecule has 1 saturated heterocycles. The van der Waals surface area contributed by atoms with Gasteiger partial charge in [0.15, 0.2) is 0 Å². The third-order valence-electron chi connectivity index (χ3n) is 7.55. The molecular weight excluding hydrogens is 546 g/mol. The molecule has 1 aliphatic carbocycles. The molecule has 1 aromatic carbocycles. The number of carbonyl (C=O) groups excluding carboxylic acids is 1. The fraction of sp³-hybridized carbons (Fsp3) is 0.367. The predicted octanol–water partition coefficient (Wildman–Crippen LogP) is 5.54. The lowest BCUT2D eigenvalue weighted by molar-refractivity contribution is 0.0998. The van der Waals surface area contributed by atoms with Crippen molar-refractivity contribution in [1.29, 1.82) is 0 Å².